The van der Waals surface area contributed by atoms with Gasteiger partial charge in [0.25, 0.3) is 0 Å². The Morgan fingerprint density at radius 1 is 1.20 bits per heavy atom. The fraction of sp³-hybridized carbons (Fsp3) is 0.923. The van der Waals surface area contributed by atoms with Crippen LogP contribution in [0.3, 0.4) is 0 Å². The maximum Gasteiger partial charge on any atom is 0.143 e. The molecule has 0 bridgehead atoms. The molecule has 0 radical (unpaired) electrons. The predicted molar refractivity (Wildman–Crippen MR) is 59.7 cm³/mol. The molecule has 2 saturated carbocycles. The lowest BCUT2D eigenvalue weighted by Gasteiger charge is -2.44. The van der Waals surface area contributed by atoms with Gasteiger partial charge in [-0.15, -0.1) is 0 Å². The Morgan fingerprint density at radius 2 is 1.80 bits per heavy atom. The van der Waals surface area contributed by atoms with Gasteiger partial charge < -0.3 is 4.74 Å². The predicted octanol–water partition coefficient (Wildman–Crippen LogP) is 2.95. The monoisotopic (exact) mass is 210 g/mol. The van der Waals surface area contributed by atoms with E-state index in [0.29, 0.717) is 18.3 Å². The molecule has 1 unspecified atom stereocenters. The first-order chi connectivity index (χ1) is 7.00. The Labute approximate surface area is 92.4 Å². The van der Waals surface area contributed by atoms with Crippen molar-refractivity contribution in [3.05, 3.63) is 0 Å². The Hall–Kier alpha value is -0.370. The molecular weight excluding hydrogens is 188 g/mol. The summed E-state index contributed by atoms with van der Waals surface area (Å²) < 4.78 is 6.04. The molecule has 86 valence electrons. The first kappa shape index (κ1) is 11.1. The molecule has 0 heterocycles. The van der Waals surface area contributed by atoms with Crippen molar-refractivity contribution >= 4 is 5.78 Å². The van der Waals surface area contributed by atoms with Gasteiger partial charge in [-0.25, -0.2) is 0 Å². The summed E-state index contributed by atoms with van der Waals surface area (Å²) in [4.78, 5) is 11.4. The zero-order valence-electron chi connectivity index (χ0n) is 10.1. The van der Waals surface area contributed by atoms with E-state index >= 15 is 0 Å². The molecule has 2 nitrogen and oxygen atoms in total. The molecule has 0 N–H and O–H groups in total. The summed E-state index contributed by atoms with van der Waals surface area (Å²) in [6.07, 6.45) is 6.17. The second-order valence-electron chi connectivity index (χ2n) is 5.86. The van der Waals surface area contributed by atoms with E-state index in [0.717, 1.165) is 5.92 Å². The Kier molecular flexibility index (Phi) is 2.89. The minimum atomic E-state index is -0.219. The van der Waals surface area contributed by atoms with Crippen LogP contribution in [0.5, 0.6) is 0 Å². The van der Waals surface area contributed by atoms with Crippen molar-refractivity contribution in [2.24, 2.45) is 11.3 Å². The fourth-order valence-corrected chi connectivity index (χ4v) is 2.55. The minimum absolute atomic E-state index is 0.184. The lowest BCUT2D eigenvalue weighted by molar-refractivity contribution is -0.168. The summed E-state index contributed by atoms with van der Waals surface area (Å²) in [5.74, 6) is 1.22. The Balaban J connectivity index is 1.81. The molecule has 0 aromatic heterocycles. The summed E-state index contributed by atoms with van der Waals surface area (Å²) in [6, 6.07) is 0. The summed E-state index contributed by atoms with van der Waals surface area (Å²) in [5, 5.41) is 0. The second kappa shape index (κ2) is 3.89. The van der Waals surface area contributed by atoms with Gasteiger partial charge in [-0.05, 0) is 31.6 Å². The van der Waals surface area contributed by atoms with Crippen LogP contribution < -0.4 is 0 Å². The van der Waals surface area contributed by atoms with Crippen LogP contribution in [0.1, 0.15) is 52.9 Å². The van der Waals surface area contributed by atoms with Crippen molar-refractivity contribution in [3.8, 4) is 0 Å². The molecule has 0 aromatic rings. The van der Waals surface area contributed by atoms with Crippen LogP contribution >= 0.6 is 0 Å². The van der Waals surface area contributed by atoms with Crippen molar-refractivity contribution < 1.29 is 9.53 Å². The number of ether oxygens (including phenoxy) is 1. The number of rotatable bonds is 2. The summed E-state index contributed by atoms with van der Waals surface area (Å²) in [6.45, 7) is 6.33. The third kappa shape index (κ3) is 2.10. The minimum Gasteiger partial charge on any atom is -0.374 e. The summed E-state index contributed by atoms with van der Waals surface area (Å²) in [5.41, 5.74) is -0.219. The van der Waals surface area contributed by atoms with E-state index in [-0.39, 0.29) is 11.5 Å². The van der Waals surface area contributed by atoms with Gasteiger partial charge in [-0.2, -0.15) is 0 Å². The number of carbonyl (C=O) groups is 1. The van der Waals surface area contributed by atoms with Gasteiger partial charge in [0, 0.05) is 6.42 Å². The normalized spacial score (nSPS) is 39.9. The Morgan fingerprint density at radius 3 is 2.27 bits per heavy atom. The van der Waals surface area contributed by atoms with E-state index in [1.807, 2.05) is 13.8 Å². The smallest absolute Gasteiger partial charge is 0.143 e. The van der Waals surface area contributed by atoms with E-state index in [4.69, 9.17) is 4.74 Å². The van der Waals surface area contributed by atoms with Gasteiger partial charge in [0.2, 0.25) is 0 Å². The number of Topliss-reactive ketones (excluding diaryl/α,β-unsaturated/α-hetero) is 1. The fourth-order valence-electron chi connectivity index (χ4n) is 2.55. The standard InChI is InChI=1S/C13H22O2/c1-9-4-6-10(7-5-9)15-12-8-11(14)13(12,2)3/h9-10,12H,4-8H2,1-3H3. The average molecular weight is 210 g/mol. The van der Waals surface area contributed by atoms with Crippen molar-refractivity contribution in [1.82, 2.24) is 0 Å². The molecule has 0 amide bonds. The van der Waals surface area contributed by atoms with E-state index < -0.39 is 0 Å². The van der Waals surface area contributed by atoms with Crippen LogP contribution in [0.25, 0.3) is 0 Å². The summed E-state index contributed by atoms with van der Waals surface area (Å²) in [7, 11) is 0. The topological polar surface area (TPSA) is 26.3 Å². The zero-order chi connectivity index (χ0) is 11.1. The van der Waals surface area contributed by atoms with Gasteiger partial charge in [0.15, 0.2) is 0 Å². The molecule has 0 aromatic carbocycles. The molecule has 0 saturated heterocycles. The van der Waals surface area contributed by atoms with Crippen molar-refractivity contribution in [2.75, 3.05) is 0 Å². The Bertz CT molecular complexity index is 249. The molecule has 2 fully saturated rings. The van der Waals surface area contributed by atoms with Crippen molar-refractivity contribution in [1.29, 1.82) is 0 Å². The third-order valence-corrected chi connectivity index (χ3v) is 4.21. The van der Waals surface area contributed by atoms with E-state index in [1.54, 1.807) is 0 Å². The van der Waals surface area contributed by atoms with Crippen LogP contribution in [0.4, 0.5) is 0 Å². The van der Waals surface area contributed by atoms with Gasteiger partial charge in [0.05, 0.1) is 17.6 Å². The second-order valence-corrected chi connectivity index (χ2v) is 5.86. The maximum absolute atomic E-state index is 11.4. The van der Waals surface area contributed by atoms with Crippen LogP contribution in [0.2, 0.25) is 0 Å². The van der Waals surface area contributed by atoms with E-state index in [1.165, 1.54) is 25.7 Å². The van der Waals surface area contributed by atoms with E-state index in [9.17, 15) is 4.79 Å². The highest BCUT2D eigenvalue weighted by Gasteiger charge is 2.49. The highest BCUT2D eigenvalue weighted by Crippen LogP contribution is 2.41. The summed E-state index contributed by atoms with van der Waals surface area (Å²) >= 11 is 0. The first-order valence-electron chi connectivity index (χ1n) is 6.19. The van der Waals surface area contributed by atoms with Crippen molar-refractivity contribution in [2.45, 2.75) is 65.1 Å². The molecular formula is C13H22O2. The quantitative estimate of drug-likeness (QED) is 0.700. The van der Waals surface area contributed by atoms with Crippen LogP contribution in [0, 0.1) is 11.3 Å². The molecule has 2 aliphatic rings. The molecule has 2 rings (SSSR count). The highest BCUT2D eigenvalue weighted by molar-refractivity contribution is 5.91. The van der Waals surface area contributed by atoms with Crippen LogP contribution in [-0.2, 0) is 9.53 Å². The number of ketones is 1. The average Bonchev–Trinajstić information content (AvgIpc) is 2.21. The number of hydrogen-bond donors (Lipinski definition) is 0. The zero-order valence-corrected chi connectivity index (χ0v) is 10.1. The lowest BCUT2D eigenvalue weighted by Crippen LogP contribution is -2.52. The van der Waals surface area contributed by atoms with Gasteiger partial charge in [-0.1, -0.05) is 20.8 Å². The van der Waals surface area contributed by atoms with Crippen molar-refractivity contribution in [3.63, 3.8) is 0 Å². The molecule has 0 aliphatic heterocycles. The molecule has 1 atom stereocenters. The first-order valence-corrected chi connectivity index (χ1v) is 6.19. The van der Waals surface area contributed by atoms with Gasteiger partial charge in [-0.3, -0.25) is 4.79 Å². The largest absolute Gasteiger partial charge is 0.374 e. The van der Waals surface area contributed by atoms with E-state index in [2.05, 4.69) is 6.92 Å². The van der Waals surface area contributed by atoms with Crippen LogP contribution in [-0.4, -0.2) is 18.0 Å². The molecule has 15 heavy (non-hydrogen) atoms. The maximum atomic E-state index is 11.4. The van der Waals surface area contributed by atoms with Crippen LogP contribution in [0.15, 0.2) is 0 Å². The van der Waals surface area contributed by atoms with Gasteiger partial charge >= 0.3 is 0 Å². The number of hydrogen-bond acceptors (Lipinski definition) is 2. The third-order valence-electron chi connectivity index (χ3n) is 4.21. The highest BCUT2D eigenvalue weighted by atomic mass is 16.5. The molecule has 0 spiro atoms. The molecule has 2 aliphatic carbocycles. The SMILES string of the molecule is CC1CCC(OC2CC(=O)C2(C)C)CC1. The van der Waals surface area contributed by atoms with Gasteiger partial charge in [0.1, 0.15) is 5.78 Å². The molecule has 2 heteroatoms. The number of carbonyl (C=O) groups excluding carboxylic acids is 1. The lowest BCUT2D eigenvalue weighted by atomic mass is 9.67.